The Bertz CT molecular complexity index is 379. The lowest BCUT2D eigenvalue weighted by Gasteiger charge is -2.32. The maximum Gasteiger partial charge on any atom is 0.0637 e. The van der Waals surface area contributed by atoms with Gasteiger partial charge in [-0.1, -0.05) is 32.0 Å². The van der Waals surface area contributed by atoms with E-state index < -0.39 is 0 Å². The highest BCUT2D eigenvalue weighted by Gasteiger charge is 2.18. The number of benzene rings is 1. The van der Waals surface area contributed by atoms with Crippen molar-refractivity contribution in [3.05, 3.63) is 29.8 Å². The SMILES string of the molecule is CCNC(CC)c1ccccc1N(CCOC)C(C)C. The lowest BCUT2D eigenvalue weighted by atomic mass is 10.0. The van der Waals surface area contributed by atoms with Crippen LogP contribution in [0.3, 0.4) is 0 Å². The minimum Gasteiger partial charge on any atom is -0.383 e. The predicted molar refractivity (Wildman–Crippen MR) is 87.5 cm³/mol. The van der Waals surface area contributed by atoms with Gasteiger partial charge < -0.3 is 15.0 Å². The van der Waals surface area contributed by atoms with Crippen LogP contribution in [0.25, 0.3) is 0 Å². The Balaban J connectivity index is 3.07. The number of hydrogen-bond donors (Lipinski definition) is 1. The lowest BCUT2D eigenvalue weighted by Crippen LogP contribution is -2.35. The summed E-state index contributed by atoms with van der Waals surface area (Å²) in [6.07, 6.45) is 1.10. The van der Waals surface area contributed by atoms with Crippen molar-refractivity contribution in [1.82, 2.24) is 5.32 Å². The maximum absolute atomic E-state index is 5.26. The number of hydrogen-bond acceptors (Lipinski definition) is 3. The first-order valence-electron chi connectivity index (χ1n) is 7.73. The molecule has 0 aliphatic carbocycles. The summed E-state index contributed by atoms with van der Waals surface area (Å²) in [6, 6.07) is 9.61. The van der Waals surface area contributed by atoms with Crippen molar-refractivity contribution in [1.29, 1.82) is 0 Å². The third kappa shape index (κ3) is 4.50. The second kappa shape index (κ2) is 8.98. The number of rotatable bonds is 9. The molecular weight excluding hydrogens is 248 g/mol. The van der Waals surface area contributed by atoms with Crippen LogP contribution >= 0.6 is 0 Å². The maximum atomic E-state index is 5.26. The number of para-hydroxylation sites is 1. The lowest BCUT2D eigenvalue weighted by molar-refractivity contribution is 0.203. The van der Waals surface area contributed by atoms with E-state index in [0.717, 1.165) is 26.1 Å². The molecule has 0 radical (unpaired) electrons. The van der Waals surface area contributed by atoms with Crippen molar-refractivity contribution in [3.63, 3.8) is 0 Å². The smallest absolute Gasteiger partial charge is 0.0637 e. The standard InChI is InChI=1S/C17H30N2O/c1-6-16(18-7-2)15-10-8-9-11-17(15)19(14(3)4)12-13-20-5/h8-11,14,16,18H,6-7,12-13H2,1-5H3. The van der Waals surface area contributed by atoms with E-state index in [1.807, 2.05) is 0 Å². The summed E-state index contributed by atoms with van der Waals surface area (Å²) in [5, 5.41) is 3.58. The number of nitrogens with one attached hydrogen (secondary N) is 1. The minimum atomic E-state index is 0.417. The summed E-state index contributed by atoms with van der Waals surface area (Å²) in [5.74, 6) is 0. The summed E-state index contributed by atoms with van der Waals surface area (Å²) in [6.45, 7) is 11.5. The van der Waals surface area contributed by atoms with E-state index in [0.29, 0.717) is 12.1 Å². The van der Waals surface area contributed by atoms with E-state index >= 15 is 0 Å². The fourth-order valence-corrected chi connectivity index (χ4v) is 2.61. The van der Waals surface area contributed by atoms with Gasteiger partial charge in [0.25, 0.3) is 0 Å². The molecule has 0 aliphatic heterocycles. The summed E-state index contributed by atoms with van der Waals surface area (Å²) in [7, 11) is 1.76. The van der Waals surface area contributed by atoms with Gasteiger partial charge in [-0.15, -0.1) is 0 Å². The molecule has 0 saturated carbocycles. The molecule has 0 fully saturated rings. The zero-order valence-electron chi connectivity index (χ0n) is 13.6. The van der Waals surface area contributed by atoms with Crippen molar-refractivity contribution in [3.8, 4) is 0 Å². The van der Waals surface area contributed by atoms with E-state index in [9.17, 15) is 0 Å². The molecule has 0 aliphatic rings. The first kappa shape index (κ1) is 17.0. The van der Waals surface area contributed by atoms with Crippen molar-refractivity contribution in [2.45, 2.75) is 46.2 Å². The fraction of sp³-hybridized carbons (Fsp3) is 0.647. The molecule has 0 heterocycles. The van der Waals surface area contributed by atoms with Crippen LogP contribution in [-0.2, 0) is 4.74 Å². The molecule has 1 aromatic rings. The molecule has 1 N–H and O–H groups in total. The number of nitrogens with zero attached hydrogens (tertiary/aromatic N) is 1. The second-order valence-corrected chi connectivity index (χ2v) is 5.36. The molecule has 114 valence electrons. The topological polar surface area (TPSA) is 24.5 Å². The molecular formula is C17H30N2O. The van der Waals surface area contributed by atoms with Crippen molar-refractivity contribution in [2.24, 2.45) is 0 Å². The van der Waals surface area contributed by atoms with Crippen LogP contribution in [0.1, 0.15) is 45.7 Å². The average molecular weight is 278 g/mol. The first-order valence-corrected chi connectivity index (χ1v) is 7.73. The molecule has 0 bridgehead atoms. The molecule has 1 atom stereocenters. The fourth-order valence-electron chi connectivity index (χ4n) is 2.61. The normalized spacial score (nSPS) is 12.7. The van der Waals surface area contributed by atoms with E-state index in [4.69, 9.17) is 4.74 Å². The number of methoxy groups -OCH3 is 1. The molecule has 1 rings (SSSR count). The van der Waals surface area contributed by atoms with Crippen molar-refractivity contribution < 1.29 is 4.74 Å². The highest BCUT2D eigenvalue weighted by molar-refractivity contribution is 5.55. The molecule has 1 unspecified atom stereocenters. The first-order chi connectivity index (χ1) is 9.65. The molecule has 0 aromatic heterocycles. The third-order valence-electron chi connectivity index (χ3n) is 3.64. The van der Waals surface area contributed by atoms with Gasteiger partial charge in [0.15, 0.2) is 0 Å². The van der Waals surface area contributed by atoms with Gasteiger partial charge in [0.05, 0.1) is 6.61 Å². The Labute approximate surface area is 124 Å². The zero-order chi connectivity index (χ0) is 15.0. The van der Waals surface area contributed by atoms with Crippen LogP contribution in [0, 0.1) is 0 Å². The van der Waals surface area contributed by atoms with E-state index in [2.05, 4.69) is 62.2 Å². The zero-order valence-corrected chi connectivity index (χ0v) is 13.6. The molecule has 3 heteroatoms. The van der Waals surface area contributed by atoms with Gasteiger partial charge in [-0.05, 0) is 38.4 Å². The molecule has 20 heavy (non-hydrogen) atoms. The summed E-state index contributed by atoms with van der Waals surface area (Å²) in [5.41, 5.74) is 2.72. The van der Waals surface area contributed by atoms with Gasteiger partial charge in [-0.2, -0.15) is 0 Å². The number of ether oxygens (including phenoxy) is 1. The Morgan fingerprint density at radius 3 is 2.45 bits per heavy atom. The number of anilines is 1. The van der Waals surface area contributed by atoms with Crippen molar-refractivity contribution >= 4 is 5.69 Å². The third-order valence-corrected chi connectivity index (χ3v) is 3.64. The Morgan fingerprint density at radius 2 is 1.90 bits per heavy atom. The van der Waals surface area contributed by atoms with Crippen LogP contribution in [0.5, 0.6) is 0 Å². The van der Waals surface area contributed by atoms with Crippen molar-refractivity contribution in [2.75, 3.05) is 31.7 Å². The van der Waals surface area contributed by atoms with Crippen LogP contribution in [0.2, 0.25) is 0 Å². The van der Waals surface area contributed by atoms with Crippen LogP contribution in [-0.4, -0.2) is 32.8 Å². The van der Waals surface area contributed by atoms with Gasteiger partial charge in [-0.25, -0.2) is 0 Å². The Kier molecular flexibility index (Phi) is 7.63. The monoisotopic (exact) mass is 278 g/mol. The van der Waals surface area contributed by atoms with E-state index in [1.165, 1.54) is 11.3 Å². The molecule has 0 amide bonds. The minimum absolute atomic E-state index is 0.417. The van der Waals surface area contributed by atoms with Crippen LogP contribution in [0.15, 0.2) is 24.3 Å². The van der Waals surface area contributed by atoms with Gasteiger partial charge in [0, 0.05) is 31.4 Å². The highest BCUT2D eigenvalue weighted by atomic mass is 16.5. The second-order valence-electron chi connectivity index (χ2n) is 5.36. The predicted octanol–water partition coefficient (Wildman–Crippen LogP) is 3.61. The largest absolute Gasteiger partial charge is 0.383 e. The molecule has 0 saturated heterocycles. The van der Waals surface area contributed by atoms with Gasteiger partial charge in [0.1, 0.15) is 0 Å². The summed E-state index contributed by atoms with van der Waals surface area (Å²) in [4.78, 5) is 2.43. The van der Waals surface area contributed by atoms with Gasteiger partial charge in [0.2, 0.25) is 0 Å². The molecule has 3 nitrogen and oxygen atoms in total. The highest BCUT2D eigenvalue weighted by Crippen LogP contribution is 2.29. The summed E-state index contributed by atoms with van der Waals surface area (Å²) < 4.78 is 5.26. The molecule has 0 spiro atoms. The Hall–Kier alpha value is -1.06. The van der Waals surface area contributed by atoms with E-state index in [1.54, 1.807) is 7.11 Å². The molecule has 1 aromatic carbocycles. The van der Waals surface area contributed by atoms with Crippen LogP contribution in [0.4, 0.5) is 5.69 Å². The quantitative estimate of drug-likeness (QED) is 0.747. The Morgan fingerprint density at radius 1 is 1.20 bits per heavy atom. The van der Waals surface area contributed by atoms with Crippen LogP contribution < -0.4 is 10.2 Å². The summed E-state index contributed by atoms with van der Waals surface area (Å²) >= 11 is 0. The average Bonchev–Trinajstić information content (AvgIpc) is 2.45. The van der Waals surface area contributed by atoms with Gasteiger partial charge >= 0.3 is 0 Å². The van der Waals surface area contributed by atoms with Gasteiger partial charge in [-0.3, -0.25) is 0 Å². The van der Waals surface area contributed by atoms with E-state index in [-0.39, 0.29) is 0 Å².